The Hall–Kier alpha value is -1.67. The second kappa shape index (κ2) is 7.37. The first-order chi connectivity index (χ1) is 10.1. The summed E-state index contributed by atoms with van der Waals surface area (Å²) in [7, 11) is 0. The summed E-state index contributed by atoms with van der Waals surface area (Å²) in [6.07, 6.45) is 1.85. The number of hydrogen-bond donors (Lipinski definition) is 1. The van der Waals surface area contributed by atoms with Gasteiger partial charge in [-0.25, -0.2) is 4.39 Å². The van der Waals surface area contributed by atoms with E-state index in [0.717, 1.165) is 30.5 Å². The largest absolute Gasteiger partial charge is 0.310 e. The van der Waals surface area contributed by atoms with Crippen molar-refractivity contribution in [1.29, 1.82) is 0 Å². The minimum absolute atomic E-state index is 0.0215. The van der Waals surface area contributed by atoms with Crippen molar-refractivity contribution in [3.63, 3.8) is 0 Å². The van der Waals surface area contributed by atoms with Crippen LogP contribution in [-0.4, -0.2) is 6.54 Å². The van der Waals surface area contributed by atoms with E-state index < -0.39 is 0 Å². The molecule has 0 saturated heterocycles. The van der Waals surface area contributed by atoms with Gasteiger partial charge in [0.15, 0.2) is 0 Å². The van der Waals surface area contributed by atoms with Crippen molar-refractivity contribution < 1.29 is 4.39 Å². The molecule has 2 aromatic rings. The summed E-state index contributed by atoms with van der Waals surface area (Å²) in [4.78, 5) is 0. The predicted octanol–water partition coefficient (Wildman–Crippen LogP) is 4.73. The number of hydrogen-bond acceptors (Lipinski definition) is 1. The quantitative estimate of drug-likeness (QED) is 0.809. The molecular formula is C19H24FN. The van der Waals surface area contributed by atoms with E-state index in [0.29, 0.717) is 0 Å². The van der Waals surface area contributed by atoms with Crippen LogP contribution in [0.2, 0.25) is 0 Å². The molecule has 1 atom stereocenters. The lowest BCUT2D eigenvalue weighted by Crippen LogP contribution is -2.25. The Kier molecular flexibility index (Phi) is 5.51. The molecular weight excluding hydrogens is 261 g/mol. The van der Waals surface area contributed by atoms with Crippen LogP contribution in [0.4, 0.5) is 4.39 Å². The second-order valence-corrected chi connectivity index (χ2v) is 5.72. The van der Waals surface area contributed by atoms with Crippen molar-refractivity contribution in [2.75, 3.05) is 6.54 Å². The van der Waals surface area contributed by atoms with Gasteiger partial charge in [-0.1, -0.05) is 48.9 Å². The molecule has 1 N–H and O–H groups in total. The topological polar surface area (TPSA) is 12.0 Å². The Morgan fingerprint density at radius 3 is 2.29 bits per heavy atom. The Labute approximate surface area is 127 Å². The van der Waals surface area contributed by atoms with E-state index >= 15 is 0 Å². The smallest absolute Gasteiger partial charge is 0.128 e. The average molecular weight is 285 g/mol. The maximum Gasteiger partial charge on any atom is 0.128 e. The molecule has 2 rings (SSSR count). The third-order valence-electron chi connectivity index (χ3n) is 3.73. The van der Waals surface area contributed by atoms with Crippen LogP contribution in [0, 0.1) is 19.7 Å². The zero-order valence-electron chi connectivity index (χ0n) is 13.1. The molecule has 0 aliphatic rings. The lowest BCUT2D eigenvalue weighted by molar-refractivity contribution is 0.496. The Morgan fingerprint density at radius 1 is 1.00 bits per heavy atom. The molecule has 0 fully saturated rings. The lowest BCUT2D eigenvalue weighted by atomic mass is 9.97. The number of benzene rings is 2. The SMILES string of the molecule is CCCNC(Cc1ccc(C)cc1)c1ccc(C)cc1F. The van der Waals surface area contributed by atoms with Crippen molar-refractivity contribution >= 4 is 0 Å². The van der Waals surface area contributed by atoms with Crippen LogP contribution in [0.5, 0.6) is 0 Å². The molecule has 0 radical (unpaired) electrons. The highest BCUT2D eigenvalue weighted by Crippen LogP contribution is 2.22. The predicted molar refractivity (Wildman–Crippen MR) is 87.1 cm³/mol. The molecule has 1 unspecified atom stereocenters. The van der Waals surface area contributed by atoms with Crippen LogP contribution in [0.25, 0.3) is 0 Å². The summed E-state index contributed by atoms with van der Waals surface area (Å²) in [6.45, 7) is 7.02. The van der Waals surface area contributed by atoms with Crippen molar-refractivity contribution in [2.24, 2.45) is 0 Å². The first-order valence-corrected chi connectivity index (χ1v) is 7.65. The van der Waals surface area contributed by atoms with E-state index in [2.05, 4.69) is 43.4 Å². The maximum absolute atomic E-state index is 14.3. The first kappa shape index (κ1) is 15.7. The van der Waals surface area contributed by atoms with Crippen LogP contribution in [0.15, 0.2) is 42.5 Å². The number of rotatable bonds is 6. The van der Waals surface area contributed by atoms with Crippen LogP contribution in [0.3, 0.4) is 0 Å². The molecule has 0 spiro atoms. The van der Waals surface area contributed by atoms with E-state index in [1.54, 1.807) is 6.07 Å². The summed E-state index contributed by atoms with van der Waals surface area (Å²) < 4.78 is 14.3. The van der Waals surface area contributed by atoms with Gasteiger partial charge in [0.2, 0.25) is 0 Å². The highest BCUT2D eigenvalue weighted by molar-refractivity contribution is 5.29. The van der Waals surface area contributed by atoms with Gasteiger partial charge in [-0.05, 0) is 50.4 Å². The van der Waals surface area contributed by atoms with Gasteiger partial charge in [-0.15, -0.1) is 0 Å². The molecule has 0 saturated carbocycles. The zero-order chi connectivity index (χ0) is 15.2. The molecule has 0 amide bonds. The third kappa shape index (κ3) is 4.40. The number of nitrogens with one attached hydrogen (secondary N) is 1. The van der Waals surface area contributed by atoms with Crippen molar-refractivity contribution in [3.05, 3.63) is 70.5 Å². The molecule has 2 aromatic carbocycles. The fraction of sp³-hybridized carbons (Fsp3) is 0.368. The van der Waals surface area contributed by atoms with Crippen LogP contribution < -0.4 is 5.32 Å². The fourth-order valence-electron chi connectivity index (χ4n) is 2.49. The Morgan fingerprint density at radius 2 is 1.67 bits per heavy atom. The van der Waals surface area contributed by atoms with Crippen LogP contribution >= 0.6 is 0 Å². The summed E-state index contributed by atoms with van der Waals surface area (Å²) >= 11 is 0. The minimum Gasteiger partial charge on any atom is -0.310 e. The number of aryl methyl sites for hydroxylation is 2. The standard InChI is InChI=1S/C19H24FN/c1-4-11-21-19(13-16-8-5-14(2)6-9-16)17-10-7-15(3)12-18(17)20/h5-10,12,19,21H,4,11,13H2,1-3H3. The van der Waals surface area contributed by atoms with E-state index in [9.17, 15) is 4.39 Å². The molecule has 2 heteroatoms. The maximum atomic E-state index is 14.3. The van der Waals surface area contributed by atoms with Gasteiger partial charge in [0.05, 0.1) is 0 Å². The molecule has 0 aliphatic heterocycles. The van der Waals surface area contributed by atoms with Crippen LogP contribution in [0.1, 0.15) is 41.6 Å². The van der Waals surface area contributed by atoms with Gasteiger partial charge < -0.3 is 5.32 Å². The zero-order valence-corrected chi connectivity index (χ0v) is 13.1. The summed E-state index contributed by atoms with van der Waals surface area (Å²) in [6, 6.07) is 14.0. The van der Waals surface area contributed by atoms with Gasteiger partial charge >= 0.3 is 0 Å². The Bertz CT molecular complexity index is 575. The van der Waals surface area contributed by atoms with E-state index in [1.807, 2.05) is 19.1 Å². The van der Waals surface area contributed by atoms with E-state index in [4.69, 9.17) is 0 Å². The van der Waals surface area contributed by atoms with Crippen molar-refractivity contribution in [3.8, 4) is 0 Å². The van der Waals surface area contributed by atoms with Gasteiger partial charge in [-0.2, -0.15) is 0 Å². The van der Waals surface area contributed by atoms with Gasteiger partial charge in [0.1, 0.15) is 5.82 Å². The minimum atomic E-state index is -0.115. The van der Waals surface area contributed by atoms with Crippen molar-refractivity contribution in [2.45, 2.75) is 39.7 Å². The molecule has 112 valence electrons. The molecule has 0 heterocycles. The fourth-order valence-corrected chi connectivity index (χ4v) is 2.49. The van der Waals surface area contributed by atoms with E-state index in [-0.39, 0.29) is 11.9 Å². The molecule has 1 nitrogen and oxygen atoms in total. The average Bonchev–Trinajstić information content (AvgIpc) is 2.46. The first-order valence-electron chi connectivity index (χ1n) is 7.65. The normalized spacial score (nSPS) is 12.4. The van der Waals surface area contributed by atoms with Gasteiger partial charge in [0, 0.05) is 11.6 Å². The van der Waals surface area contributed by atoms with Crippen molar-refractivity contribution in [1.82, 2.24) is 5.32 Å². The summed E-state index contributed by atoms with van der Waals surface area (Å²) in [5, 5.41) is 3.47. The number of halogens is 1. The van der Waals surface area contributed by atoms with Crippen LogP contribution in [-0.2, 0) is 6.42 Å². The molecule has 0 aliphatic carbocycles. The van der Waals surface area contributed by atoms with E-state index in [1.165, 1.54) is 11.1 Å². The molecule has 0 aromatic heterocycles. The monoisotopic (exact) mass is 285 g/mol. The second-order valence-electron chi connectivity index (χ2n) is 5.72. The highest BCUT2D eigenvalue weighted by atomic mass is 19.1. The summed E-state index contributed by atoms with van der Waals surface area (Å²) in [5.41, 5.74) is 4.20. The van der Waals surface area contributed by atoms with Gasteiger partial charge in [-0.3, -0.25) is 0 Å². The third-order valence-corrected chi connectivity index (χ3v) is 3.73. The lowest BCUT2D eigenvalue weighted by Gasteiger charge is -2.20. The highest BCUT2D eigenvalue weighted by Gasteiger charge is 2.15. The molecule has 21 heavy (non-hydrogen) atoms. The Balaban J connectivity index is 2.22. The molecule has 0 bridgehead atoms. The van der Waals surface area contributed by atoms with Gasteiger partial charge in [0.25, 0.3) is 0 Å². The summed E-state index contributed by atoms with van der Waals surface area (Å²) in [5.74, 6) is -0.115.